The molecule has 0 bridgehead atoms. The highest BCUT2D eigenvalue weighted by Gasteiger charge is 2.64. The number of aromatic nitrogens is 1. The Balaban J connectivity index is 2.07. The molecule has 104 valence electrons. The van der Waals surface area contributed by atoms with E-state index < -0.39 is 41.4 Å². The number of carboxylic acids is 1. The molecular formula is C11H9F4NO3. The van der Waals surface area contributed by atoms with E-state index in [9.17, 15) is 22.4 Å². The predicted octanol–water partition coefficient (Wildman–Crippen LogP) is 2.64. The van der Waals surface area contributed by atoms with Gasteiger partial charge in [0.2, 0.25) is 5.88 Å². The Hall–Kier alpha value is -1.86. The summed E-state index contributed by atoms with van der Waals surface area (Å²) in [5, 5.41) is 8.58. The summed E-state index contributed by atoms with van der Waals surface area (Å²) in [6, 6.07) is 0.651. The Bertz CT molecular complexity index is 511. The number of alkyl halides is 3. The summed E-state index contributed by atoms with van der Waals surface area (Å²) in [5.74, 6) is -3.11. The third kappa shape index (κ3) is 2.61. The highest BCUT2D eigenvalue weighted by Crippen LogP contribution is 2.57. The van der Waals surface area contributed by atoms with Gasteiger partial charge in [-0.25, -0.2) is 14.2 Å². The van der Waals surface area contributed by atoms with E-state index in [1.54, 1.807) is 0 Å². The SMILES string of the molecule is O=C(O)c1cnc(OCC2(C(F)(F)F)CC2)c(F)c1. The number of carboxylic acid groups (broad SMARTS) is 1. The molecule has 0 unspecified atom stereocenters. The quantitative estimate of drug-likeness (QED) is 0.861. The number of rotatable bonds is 4. The maximum absolute atomic E-state index is 13.4. The maximum atomic E-state index is 13.4. The molecule has 0 spiro atoms. The molecule has 1 N–H and O–H groups in total. The van der Waals surface area contributed by atoms with Gasteiger partial charge in [-0.15, -0.1) is 0 Å². The van der Waals surface area contributed by atoms with Crippen molar-refractivity contribution >= 4 is 5.97 Å². The van der Waals surface area contributed by atoms with Crippen LogP contribution in [0.1, 0.15) is 23.2 Å². The number of pyridine rings is 1. The molecule has 0 amide bonds. The van der Waals surface area contributed by atoms with Crippen LogP contribution < -0.4 is 4.74 Å². The first kappa shape index (κ1) is 13.6. The van der Waals surface area contributed by atoms with Gasteiger partial charge in [0.15, 0.2) is 5.82 Å². The molecule has 1 heterocycles. The molecule has 19 heavy (non-hydrogen) atoms. The number of ether oxygens (including phenoxy) is 1. The van der Waals surface area contributed by atoms with Gasteiger partial charge in [0.25, 0.3) is 0 Å². The Morgan fingerprint density at radius 3 is 2.53 bits per heavy atom. The molecule has 1 saturated carbocycles. The van der Waals surface area contributed by atoms with Crippen molar-refractivity contribution in [3.8, 4) is 5.88 Å². The van der Waals surface area contributed by atoms with Crippen molar-refractivity contribution in [2.75, 3.05) is 6.61 Å². The minimum atomic E-state index is -4.40. The number of aromatic carboxylic acids is 1. The molecule has 1 aliphatic carbocycles. The van der Waals surface area contributed by atoms with Crippen molar-refractivity contribution in [3.05, 3.63) is 23.6 Å². The lowest BCUT2D eigenvalue weighted by molar-refractivity contribution is -0.194. The summed E-state index contributed by atoms with van der Waals surface area (Å²) in [6.45, 7) is -0.715. The van der Waals surface area contributed by atoms with Crippen LogP contribution in [0.5, 0.6) is 5.88 Å². The van der Waals surface area contributed by atoms with Crippen molar-refractivity contribution in [1.29, 1.82) is 0 Å². The van der Waals surface area contributed by atoms with Gasteiger partial charge in [0.05, 0.1) is 5.56 Å². The molecule has 1 aromatic heterocycles. The topological polar surface area (TPSA) is 59.4 Å². The van der Waals surface area contributed by atoms with Crippen LogP contribution in [-0.4, -0.2) is 28.8 Å². The highest BCUT2D eigenvalue weighted by molar-refractivity contribution is 5.87. The minimum absolute atomic E-state index is 0.0642. The van der Waals surface area contributed by atoms with Gasteiger partial charge in [0, 0.05) is 6.20 Å². The molecule has 0 saturated heterocycles. The molecule has 0 atom stereocenters. The fraction of sp³-hybridized carbons (Fsp3) is 0.455. The van der Waals surface area contributed by atoms with E-state index in [0.29, 0.717) is 6.07 Å². The Kier molecular flexibility index (Phi) is 3.11. The second-order valence-corrected chi connectivity index (χ2v) is 4.38. The number of carbonyl (C=O) groups is 1. The van der Waals surface area contributed by atoms with Gasteiger partial charge in [-0.3, -0.25) is 0 Å². The Morgan fingerprint density at radius 2 is 2.11 bits per heavy atom. The van der Waals surface area contributed by atoms with E-state index in [1.165, 1.54) is 0 Å². The van der Waals surface area contributed by atoms with Gasteiger partial charge in [-0.2, -0.15) is 13.2 Å². The average molecular weight is 279 g/mol. The zero-order valence-corrected chi connectivity index (χ0v) is 9.50. The molecule has 0 aromatic carbocycles. The van der Waals surface area contributed by atoms with Crippen molar-refractivity contribution in [1.82, 2.24) is 4.98 Å². The second kappa shape index (κ2) is 4.36. The molecule has 1 fully saturated rings. The van der Waals surface area contributed by atoms with E-state index in [-0.39, 0.29) is 12.8 Å². The summed E-state index contributed by atoms with van der Waals surface area (Å²) in [4.78, 5) is 13.9. The van der Waals surface area contributed by atoms with E-state index >= 15 is 0 Å². The molecule has 2 rings (SSSR count). The zero-order valence-electron chi connectivity index (χ0n) is 9.50. The second-order valence-electron chi connectivity index (χ2n) is 4.38. The standard InChI is InChI=1S/C11H9F4NO3/c12-7-3-6(9(17)18)4-16-8(7)19-5-10(1-2-10)11(13,14)15/h3-4H,1-2,5H2,(H,17,18). The summed E-state index contributed by atoms with van der Waals surface area (Å²) < 4.78 is 55.9. The van der Waals surface area contributed by atoms with Crippen LogP contribution in [-0.2, 0) is 0 Å². The van der Waals surface area contributed by atoms with Gasteiger partial charge < -0.3 is 9.84 Å². The van der Waals surface area contributed by atoms with E-state index in [2.05, 4.69) is 4.98 Å². The zero-order chi connectivity index (χ0) is 14.3. The third-order valence-corrected chi connectivity index (χ3v) is 2.99. The van der Waals surface area contributed by atoms with E-state index in [4.69, 9.17) is 9.84 Å². The minimum Gasteiger partial charge on any atom is -0.478 e. The predicted molar refractivity (Wildman–Crippen MR) is 54.4 cm³/mol. The number of hydrogen-bond donors (Lipinski definition) is 1. The van der Waals surface area contributed by atoms with Crippen molar-refractivity contribution in [2.24, 2.45) is 5.41 Å². The van der Waals surface area contributed by atoms with Gasteiger partial charge >= 0.3 is 12.1 Å². The largest absolute Gasteiger partial charge is 0.478 e. The molecule has 8 heteroatoms. The van der Waals surface area contributed by atoms with Gasteiger partial charge in [0.1, 0.15) is 12.0 Å². The molecule has 0 aliphatic heterocycles. The summed E-state index contributed by atoms with van der Waals surface area (Å²) in [7, 11) is 0. The van der Waals surface area contributed by atoms with Crippen LogP contribution in [0.4, 0.5) is 17.6 Å². The highest BCUT2D eigenvalue weighted by atomic mass is 19.4. The lowest BCUT2D eigenvalue weighted by Gasteiger charge is -2.19. The number of nitrogens with zero attached hydrogens (tertiary/aromatic N) is 1. The summed E-state index contributed by atoms with van der Waals surface area (Å²) in [5.41, 5.74) is -2.33. The van der Waals surface area contributed by atoms with Crippen LogP contribution in [0.15, 0.2) is 12.3 Å². The van der Waals surface area contributed by atoms with E-state index in [1.807, 2.05) is 0 Å². The monoisotopic (exact) mass is 279 g/mol. The fourth-order valence-electron chi connectivity index (χ4n) is 1.52. The van der Waals surface area contributed by atoms with Crippen molar-refractivity contribution < 1.29 is 32.2 Å². The summed E-state index contributed by atoms with van der Waals surface area (Å²) >= 11 is 0. The van der Waals surface area contributed by atoms with Crippen LogP contribution in [0.25, 0.3) is 0 Å². The van der Waals surface area contributed by atoms with Crippen LogP contribution in [0.3, 0.4) is 0 Å². The summed E-state index contributed by atoms with van der Waals surface area (Å²) in [6.07, 6.45) is -3.70. The Morgan fingerprint density at radius 1 is 1.47 bits per heavy atom. The lowest BCUT2D eigenvalue weighted by Crippen LogP contribution is -2.30. The Labute approximate surface area is 105 Å². The van der Waals surface area contributed by atoms with Crippen LogP contribution >= 0.6 is 0 Å². The normalized spacial score (nSPS) is 17.1. The fourth-order valence-corrected chi connectivity index (χ4v) is 1.52. The molecular weight excluding hydrogens is 270 g/mol. The molecule has 1 aliphatic rings. The lowest BCUT2D eigenvalue weighted by atomic mass is 10.1. The molecule has 0 radical (unpaired) electrons. The van der Waals surface area contributed by atoms with Crippen LogP contribution in [0.2, 0.25) is 0 Å². The average Bonchev–Trinajstić information content (AvgIpc) is 3.07. The third-order valence-electron chi connectivity index (χ3n) is 2.99. The van der Waals surface area contributed by atoms with Crippen LogP contribution in [0, 0.1) is 11.2 Å². The first-order valence-corrected chi connectivity index (χ1v) is 5.33. The van der Waals surface area contributed by atoms with E-state index in [0.717, 1.165) is 6.20 Å². The molecule has 4 nitrogen and oxygen atoms in total. The number of halogens is 4. The van der Waals surface area contributed by atoms with Gasteiger partial charge in [-0.05, 0) is 18.9 Å². The van der Waals surface area contributed by atoms with Gasteiger partial charge in [-0.1, -0.05) is 0 Å². The number of hydrogen-bond acceptors (Lipinski definition) is 3. The first-order chi connectivity index (χ1) is 8.75. The molecule has 1 aromatic rings. The maximum Gasteiger partial charge on any atom is 0.397 e. The first-order valence-electron chi connectivity index (χ1n) is 5.33. The smallest absolute Gasteiger partial charge is 0.397 e. The van der Waals surface area contributed by atoms with Crippen molar-refractivity contribution in [2.45, 2.75) is 19.0 Å². The van der Waals surface area contributed by atoms with Crippen molar-refractivity contribution in [3.63, 3.8) is 0 Å².